The molecule has 0 heterocycles. The summed E-state index contributed by atoms with van der Waals surface area (Å²) in [5.74, 6) is 0. The molecule has 2 unspecified atom stereocenters. The summed E-state index contributed by atoms with van der Waals surface area (Å²) in [7, 11) is -4.05. The quantitative estimate of drug-likeness (QED) is 0.571. The van der Waals surface area contributed by atoms with Crippen LogP contribution in [0, 0.1) is 0 Å². The van der Waals surface area contributed by atoms with E-state index in [9.17, 15) is 8.42 Å². The van der Waals surface area contributed by atoms with Crippen molar-refractivity contribution in [2.45, 2.75) is 26.1 Å². The predicted molar refractivity (Wildman–Crippen MR) is 58.5 cm³/mol. The summed E-state index contributed by atoms with van der Waals surface area (Å²) < 4.78 is 32.0. The van der Waals surface area contributed by atoms with Crippen molar-refractivity contribution >= 4 is 18.3 Å². The van der Waals surface area contributed by atoms with Crippen LogP contribution in [0.3, 0.4) is 0 Å². The minimum atomic E-state index is -4.43. The van der Waals surface area contributed by atoms with Crippen molar-refractivity contribution in [3.63, 3.8) is 0 Å². The van der Waals surface area contributed by atoms with Gasteiger partial charge in [0.1, 0.15) is 6.10 Å². The van der Waals surface area contributed by atoms with Crippen LogP contribution in [0.5, 0.6) is 0 Å². The van der Waals surface area contributed by atoms with Gasteiger partial charge < -0.3 is 5.11 Å². The van der Waals surface area contributed by atoms with Gasteiger partial charge in [0.2, 0.25) is 0 Å². The first-order chi connectivity index (χ1) is 6.06. The Morgan fingerprint density at radius 3 is 1.57 bits per heavy atom. The Balaban J connectivity index is 0. The minimum absolute atomic E-state index is 0.380. The Kier molecular flexibility index (Phi) is 8.98. The number of aliphatic hydroxyl groups is 1. The highest BCUT2D eigenvalue weighted by molar-refractivity contribution is 7.80. The van der Waals surface area contributed by atoms with Gasteiger partial charge in [0.15, 0.2) is 0 Å². The largest absolute Gasteiger partial charge is 0.397 e. The second kappa shape index (κ2) is 7.54. The Morgan fingerprint density at radius 2 is 1.50 bits per heavy atom. The van der Waals surface area contributed by atoms with E-state index in [1.807, 2.05) is 0 Å². The van der Waals surface area contributed by atoms with Crippen LogP contribution >= 0.6 is 7.92 Å². The molecule has 2 N–H and O–H groups in total. The van der Waals surface area contributed by atoms with Crippen LogP contribution in [0.4, 0.5) is 0 Å². The first-order valence-electron chi connectivity index (χ1n) is 4.01. The molecular weight excluding hydrogens is 227 g/mol. The second-order valence-corrected chi connectivity index (χ2v) is 7.04. The molecule has 0 aliphatic heterocycles. The van der Waals surface area contributed by atoms with Gasteiger partial charge in [0.25, 0.3) is 0 Å². The van der Waals surface area contributed by atoms with Crippen molar-refractivity contribution < 1.29 is 22.3 Å². The van der Waals surface area contributed by atoms with Crippen LogP contribution < -0.4 is 0 Å². The molecule has 5 nitrogen and oxygen atoms in total. The maximum atomic E-state index is 9.97. The molecule has 0 amide bonds. The Bertz CT molecular complexity index is 221. The summed E-state index contributed by atoms with van der Waals surface area (Å²) in [5.41, 5.74) is 0. The van der Waals surface area contributed by atoms with Gasteiger partial charge in [0.05, 0.1) is 6.10 Å². The van der Waals surface area contributed by atoms with Crippen molar-refractivity contribution in [2.75, 3.05) is 20.0 Å². The molecule has 0 saturated carbocycles. The van der Waals surface area contributed by atoms with Crippen molar-refractivity contribution in [1.82, 2.24) is 0 Å². The number of aliphatic hydroxyl groups excluding tert-OH is 1. The molecule has 0 aliphatic carbocycles. The zero-order valence-corrected chi connectivity index (χ0v) is 10.8. The summed E-state index contributed by atoms with van der Waals surface area (Å²) in [6.07, 6.45) is -1.85. The summed E-state index contributed by atoms with van der Waals surface area (Å²) in [6, 6.07) is 0. The Labute approximate surface area is 87.2 Å². The molecular formula is C7H19O5PS. The molecule has 0 saturated heterocycles. The van der Waals surface area contributed by atoms with Gasteiger partial charge in [-0.1, -0.05) is 0 Å². The molecule has 14 heavy (non-hydrogen) atoms. The highest BCUT2D eigenvalue weighted by Gasteiger charge is 2.16. The zero-order chi connectivity index (χ0) is 11.9. The van der Waals surface area contributed by atoms with Crippen LogP contribution in [0.2, 0.25) is 0 Å². The Hall–Kier alpha value is 0.260. The Morgan fingerprint density at radius 1 is 1.21 bits per heavy atom. The van der Waals surface area contributed by atoms with Gasteiger partial charge in [0, 0.05) is 0 Å². The third-order valence-corrected chi connectivity index (χ3v) is 1.50. The molecule has 0 aromatic heterocycles. The number of hydrogen-bond donors (Lipinski definition) is 2. The highest BCUT2D eigenvalue weighted by atomic mass is 32.3. The van der Waals surface area contributed by atoms with Crippen molar-refractivity contribution in [3.8, 4) is 0 Å². The van der Waals surface area contributed by atoms with Crippen LogP contribution in [0.15, 0.2) is 0 Å². The van der Waals surface area contributed by atoms with E-state index in [1.165, 1.54) is 13.8 Å². The van der Waals surface area contributed by atoms with Gasteiger partial charge in [-0.3, -0.25) is 4.55 Å². The fourth-order valence-corrected chi connectivity index (χ4v) is 0.817. The van der Waals surface area contributed by atoms with Crippen LogP contribution in [0.25, 0.3) is 0 Å². The normalized spacial score (nSPS) is 15.7. The molecule has 0 fully saturated rings. The number of hydrogen-bond acceptors (Lipinski definition) is 4. The molecule has 0 bridgehead atoms. The SMILES string of the molecule is CC(O)C(C)OS(=O)(=O)O.CP(C)C. The molecule has 88 valence electrons. The fraction of sp³-hybridized carbons (Fsp3) is 1.00. The lowest BCUT2D eigenvalue weighted by Crippen LogP contribution is -2.25. The van der Waals surface area contributed by atoms with E-state index in [-0.39, 0.29) is 0 Å². The highest BCUT2D eigenvalue weighted by Crippen LogP contribution is 2.14. The summed E-state index contributed by atoms with van der Waals surface area (Å²) in [4.78, 5) is 0. The van der Waals surface area contributed by atoms with E-state index in [0.29, 0.717) is 7.92 Å². The standard InChI is InChI=1S/C4H10O5S.C3H9P/c1-3(5)4(2)9-10(6,7)8;1-4(2)3/h3-5H,1-2H3,(H,6,7,8);1-3H3. The molecule has 0 aromatic rings. The molecule has 2 atom stereocenters. The van der Waals surface area contributed by atoms with E-state index in [1.54, 1.807) is 0 Å². The minimum Gasteiger partial charge on any atom is -0.391 e. The van der Waals surface area contributed by atoms with Crippen LogP contribution in [-0.4, -0.2) is 50.3 Å². The predicted octanol–water partition coefficient (Wildman–Crippen LogP) is 0.933. The summed E-state index contributed by atoms with van der Waals surface area (Å²) in [6.45, 7) is 9.38. The third kappa shape index (κ3) is 18.1. The van der Waals surface area contributed by atoms with Gasteiger partial charge in [-0.15, -0.1) is 7.92 Å². The first-order valence-corrected chi connectivity index (χ1v) is 8.05. The van der Waals surface area contributed by atoms with Gasteiger partial charge in [-0.05, 0) is 33.8 Å². The average molecular weight is 246 g/mol. The van der Waals surface area contributed by atoms with Gasteiger partial charge in [-0.2, -0.15) is 8.42 Å². The van der Waals surface area contributed by atoms with Crippen molar-refractivity contribution in [1.29, 1.82) is 0 Å². The monoisotopic (exact) mass is 246 g/mol. The average Bonchev–Trinajstić information content (AvgIpc) is 1.81. The fourth-order valence-electron chi connectivity index (χ4n) is 0.272. The van der Waals surface area contributed by atoms with E-state index in [4.69, 9.17) is 9.66 Å². The lowest BCUT2D eigenvalue weighted by atomic mass is 10.3. The molecule has 0 rings (SSSR count). The van der Waals surface area contributed by atoms with Crippen molar-refractivity contribution in [2.24, 2.45) is 0 Å². The lowest BCUT2D eigenvalue weighted by Gasteiger charge is -2.11. The van der Waals surface area contributed by atoms with E-state index < -0.39 is 22.6 Å². The van der Waals surface area contributed by atoms with Crippen molar-refractivity contribution in [3.05, 3.63) is 0 Å². The molecule has 0 aromatic carbocycles. The summed E-state index contributed by atoms with van der Waals surface area (Å²) >= 11 is 0. The smallest absolute Gasteiger partial charge is 0.391 e. The maximum Gasteiger partial charge on any atom is 0.397 e. The van der Waals surface area contributed by atoms with Crippen LogP contribution in [0.1, 0.15) is 13.8 Å². The van der Waals surface area contributed by atoms with Gasteiger partial charge >= 0.3 is 10.4 Å². The van der Waals surface area contributed by atoms with E-state index in [0.717, 1.165) is 0 Å². The topological polar surface area (TPSA) is 83.8 Å². The molecule has 0 aliphatic rings. The maximum absolute atomic E-state index is 9.97. The lowest BCUT2D eigenvalue weighted by molar-refractivity contribution is 0.0564. The second-order valence-electron chi connectivity index (χ2n) is 3.31. The molecule has 0 radical (unpaired) electrons. The summed E-state index contributed by atoms with van der Waals surface area (Å²) in [5, 5.41) is 8.68. The zero-order valence-electron chi connectivity index (χ0n) is 9.13. The molecule has 0 spiro atoms. The van der Waals surface area contributed by atoms with E-state index in [2.05, 4.69) is 24.2 Å². The number of rotatable bonds is 3. The first kappa shape index (κ1) is 16.7. The molecule has 7 heteroatoms. The van der Waals surface area contributed by atoms with Crippen LogP contribution in [-0.2, 0) is 14.6 Å². The van der Waals surface area contributed by atoms with E-state index >= 15 is 0 Å². The van der Waals surface area contributed by atoms with Gasteiger partial charge in [-0.25, -0.2) is 4.18 Å². The third-order valence-electron chi connectivity index (χ3n) is 0.953.